The van der Waals surface area contributed by atoms with Gasteiger partial charge in [-0.15, -0.1) is 0 Å². The molecular weight excluding hydrogens is 283 g/mol. The maximum Gasteiger partial charge on any atom is 0.240 e. The van der Waals surface area contributed by atoms with Crippen LogP contribution < -0.4 is 10.2 Å². The van der Waals surface area contributed by atoms with E-state index in [1.54, 1.807) is 12.1 Å². The zero-order valence-corrected chi connectivity index (χ0v) is 13.2. The van der Waals surface area contributed by atoms with Gasteiger partial charge in [0.05, 0.1) is 16.8 Å². The van der Waals surface area contributed by atoms with Crippen LogP contribution >= 0.6 is 9.24 Å². The lowest BCUT2D eigenvalue weighted by Gasteiger charge is -2.13. The van der Waals surface area contributed by atoms with Crippen LogP contribution in [0, 0.1) is 6.92 Å². The highest BCUT2D eigenvalue weighted by molar-refractivity contribution is 7.26. The Balaban J connectivity index is 2.28. The third-order valence-electron chi connectivity index (χ3n) is 3.23. The second-order valence-corrected chi connectivity index (χ2v) is 5.17. The maximum absolute atomic E-state index is 10.5. The Labute approximate surface area is 126 Å². The van der Waals surface area contributed by atoms with Crippen molar-refractivity contribution >= 4 is 26.4 Å². The van der Waals surface area contributed by atoms with Crippen LogP contribution in [0.3, 0.4) is 0 Å². The topological polar surface area (TPSA) is 51.5 Å². The van der Waals surface area contributed by atoms with Crippen LogP contribution in [-0.2, 0) is 17.8 Å². The molecule has 0 aliphatic carbocycles. The molecule has 1 unspecified atom stereocenters. The van der Waals surface area contributed by atoms with Crippen LogP contribution in [-0.4, -0.2) is 11.1 Å². The molecule has 5 heteroatoms. The number of hydrogen-bond donors (Lipinski definition) is 0. The molecule has 21 heavy (non-hydrogen) atoms. The van der Waals surface area contributed by atoms with Crippen molar-refractivity contribution in [1.82, 2.24) is 4.98 Å². The molecule has 0 spiro atoms. The number of aromatic nitrogens is 1. The summed E-state index contributed by atoms with van der Waals surface area (Å²) >= 11 is 0. The van der Waals surface area contributed by atoms with Crippen LogP contribution in [0.25, 0.3) is 0 Å². The summed E-state index contributed by atoms with van der Waals surface area (Å²) in [6.07, 6.45) is 2.45. The van der Waals surface area contributed by atoms with Crippen molar-refractivity contribution in [1.29, 1.82) is 0 Å². The maximum atomic E-state index is 10.5. The highest BCUT2D eigenvalue weighted by Crippen LogP contribution is 2.25. The summed E-state index contributed by atoms with van der Waals surface area (Å²) in [4.78, 5) is 18.6. The Morgan fingerprint density at radius 3 is 2.81 bits per heavy atom. The van der Waals surface area contributed by atoms with Crippen molar-refractivity contribution in [2.45, 2.75) is 26.9 Å². The molecule has 2 rings (SSSR count). The van der Waals surface area contributed by atoms with E-state index in [0.717, 1.165) is 34.4 Å². The summed E-state index contributed by atoms with van der Waals surface area (Å²) in [5.74, 6) is 0.730. The summed E-state index contributed by atoms with van der Waals surface area (Å²) in [6.45, 7) is 4.31. The van der Waals surface area contributed by atoms with Crippen molar-refractivity contribution in [2.75, 3.05) is 0 Å². The fourth-order valence-electron chi connectivity index (χ4n) is 2.14. The molecule has 1 heterocycles. The number of aliphatic imine (C=N–C) groups is 1. The van der Waals surface area contributed by atoms with Gasteiger partial charge in [-0.25, -0.2) is 4.79 Å². The van der Waals surface area contributed by atoms with Crippen molar-refractivity contribution in [2.24, 2.45) is 4.99 Å². The van der Waals surface area contributed by atoms with E-state index >= 15 is 0 Å². The third-order valence-corrected chi connectivity index (χ3v) is 3.55. The Hall–Kier alpha value is -2.02. The van der Waals surface area contributed by atoms with Gasteiger partial charge in [0.25, 0.3) is 0 Å². The fourth-order valence-corrected chi connectivity index (χ4v) is 2.43. The molecule has 0 saturated carbocycles. The lowest BCUT2D eigenvalue weighted by Crippen LogP contribution is -2.05. The Kier molecular flexibility index (Phi) is 5.21. The van der Waals surface area contributed by atoms with Crippen molar-refractivity contribution in [3.63, 3.8) is 0 Å². The zero-order valence-electron chi connectivity index (χ0n) is 12.1. The predicted octanol–water partition coefficient (Wildman–Crippen LogP) is 3.00. The first-order valence-corrected chi connectivity index (χ1v) is 7.28. The minimum atomic E-state index is 0.350. The summed E-state index contributed by atoms with van der Waals surface area (Å²) in [7, 11) is 2.56. The number of benzene rings is 1. The van der Waals surface area contributed by atoms with Gasteiger partial charge < -0.3 is 4.74 Å². The number of isocyanates is 1. The number of aryl methyl sites for hydroxylation is 2. The van der Waals surface area contributed by atoms with E-state index in [1.807, 2.05) is 31.2 Å². The van der Waals surface area contributed by atoms with Gasteiger partial charge in [0.15, 0.2) is 0 Å². The number of rotatable bonds is 5. The molecule has 0 saturated heterocycles. The van der Waals surface area contributed by atoms with Crippen molar-refractivity contribution < 1.29 is 9.53 Å². The average molecular weight is 300 g/mol. The van der Waals surface area contributed by atoms with Crippen molar-refractivity contribution in [3.05, 3.63) is 47.2 Å². The highest BCUT2D eigenvalue weighted by Gasteiger charge is 2.09. The molecule has 1 aromatic carbocycles. The van der Waals surface area contributed by atoms with Gasteiger partial charge in [-0.2, -0.15) is 4.99 Å². The molecule has 4 nitrogen and oxygen atoms in total. The molecule has 0 bridgehead atoms. The fraction of sp³-hybridized carbons (Fsp3) is 0.250. The summed E-state index contributed by atoms with van der Waals surface area (Å²) < 4.78 is 5.85. The predicted molar refractivity (Wildman–Crippen MR) is 86.3 cm³/mol. The Morgan fingerprint density at radius 2 is 2.14 bits per heavy atom. The van der Waals surface area contributed by atoms with E-state index in [2.05, 4.69) is 26.1 Å². The van der Waals surface area contributed by atoms with E-state index in [-0.39, 0.29) is 0 Å². The molecule has 0 fully saturated rings. The van der Waals surface area contributed by atoms with Crippen LogP contribution in [0.15, 0.2) is 35.3 Å². The third kappa shape index (κ3) is 3.75. The van der Waals surface area contributed by atoms with E-state index in [0.29, 0.717) is 12.3 Å². The molecule has 0 N–H and O–H groups in total. The van der Waals surface area contributed by atoms with Gasteiger partial charge >= 0.3 is 0 Å². The normalized spacial score (nSPS) is 10.0. The van der Waals surface area contributed by atoms with E-state index in [9.17, 15) is 4.79 Å². The highest BCUT2D eigenvalue weighted by atomic mass is 31.0. The Bertz CT molecular complexity index is 695. The smallest absolute Gasteiger partial charge is 0.240 e. The first-order chi connectivity index (χ1) is 10.2. The number of pyridine rings is 1. The molecule has 0 amide bonds. The van der Waals surface area contributed by atoms with Crippen LogP contribution in [0.5, 0.6) is 5.75 Å². The second-order valence-electron chi connectivity index (χ2n) is 4.58. The molecular formula is C16H17N2O2P. The SMILES string of the molecule is CCc1cccc(N=C=O)c1COc1ccc(P)nc1C. The first-order valence-electron chi connectivity index (χ1n) is 6.70. The van der Waals surface area contributed by atoms with Crippen LogP contribution in [0.4, 0.5) is 5.69 Å². The second kappa shape index (κ2) is 7.12. The molecule has 0 aliphatic rings. The molecule has 108 valence electrons. The molecule has 1 aromatic heterocycles. The van der Waals surface area contributed by atoms with Gasteiger partial charge in [-0.05, 0) is 37.1 Å². The number of nitrogens with zero attached hydrogens (tertiary/aromatic N) is 2. The average Bonchev–Trinajstić information content (AvgIpc) is 2.47. The zero-order chi connectivity index (χ0) is 15.2. The lowest BCUT2D eigenvalue weighted by molar-refractivity contribution is 0.302. The van der Waals surface area contributed by atoms with Gasteiger partial charge in [-0.1, -0.05) is 28.3 Å². The number of hydrogen-bond acceptors (Lipinski definition) is 4. The quantitative estimate of drug-likeness (QED) is 0.484. The lowest BCUT2D eigenvalue weighted by atomic mass is 10.0. The van der Waals surface area contributed by atoms with E-state index in [1.165, 1.54) is 0 Å². The van der Waals surface area contributed by atoms with E-state index in [4.69, 9.17) is 4.74 Å². The summed E-state index contributed by atoms with van der Waals surface area (Å²) in [5, 5.41) is 0. The van der Waals surface area contributed by atoms with Gasteiger partial charge in [0, 0.05) is 5.56 Å². The van der Waals surface area contributed by atoms with Crippen LogP contribution in [0.1, 0.15) is 23.7 Å². The van der Waals surface area contributed by atoms with Crippen molar-refractivity contribution in [3.8, 4) is 5.75 Å². The van der Waals surface area contributed by atoms with E-state index < -0.39 is 0 Å². The van der Waals surface area contributed by atoms with Crippen LogP contribution in [0.2, 0.25) is 0 Å². The van der Waals surface area contributed by atoms with Gasteiger partial charge in [0.2, 0.25) is 6.08 Å². The number of carbonyl (C=O) groups excluding carboxylic acids is 1. The molecule has 0 aliphatic heterocycles. The standard InChI is InChI=1S/C16H17N2O2P/c1-3-12-5-4-6-14(17-10-19)13(12)9-20-15-7-8-16(21)18-11(15)2/h4-8H,3,9,21H2,1-2H3. The van der Waals surface area contributed by atoms with Gasteiger partial charge in [-0.3, -0.25) is 4.98 Å². The van der Waals surface area contributed by atoms with Gasteiger partial charge in [0.1, 0.15) is 12.4 Å². The molecule has 0 radical (unpaired) electrons. The largest absolute Gasteiger partial charge is 0.487 e. The molecule has 2 aromatic rings. The monoisotopic (exact) mass is 300 g/mol. The number of ether oxygens (including phenoxy) is 1. The first kappa shape index (κ1) is 15.4. The Morgan fingerprint density at radius 1 is 1.33 bits per heavy atom. The minimum absolute atomic E-state index is 0.350. The minimum Gasteiger partial charge on any atom is -0.487 e. The summed E-state index contributed by atoms with van der Waals surface area (Å²) in [5.41, 5.74) is 4.34. The summed E-state index contributed by atoms with van der Waals surface area (Å²) in [6, 6.07) is 9.46. The molecule has 1 atom stereocenters.